The van der Waals surface area contributed by atoms with Crippen LogP contribution in [0.2, 0.25) is 0 Å². The Bertz CT molecular complexity index is 1760. The van der Waals surface area contributed by atoms with Gasteiger partial charge in [-0.05, 0) is 26.0 Å². The Morgan fingerprint density at radius 3 is 2.52 bits per heavy atom. The van der Waals surface area contributed by atoms with Crippen molar-refractivity contribution in [3.63, 3.8) is 0 Å². The summed E-state index contributed by atoms with van der Waals surface area (Å²) in [5.41, 5.74) is 4.30. The highest BCUT2D eigenvalue weighted by Gasteiger charge is 2.40. The Kier molecular flexibility index (Phi) is 6.58. The van der Waals surface area contributed by atoms with Crippen LogP contribution >= 0.6 is 0 Å². The predicted molar refractivity (Wildman–Crippen MR) is 161 cm³/mol. The van der Waals surface area contributed by atoms with Gasteiger partial charge in [0.05, 0.1) is 49.0 Å². The van der Waals surface area contributed by atoms with Gasteiger partial charge in [-0.2, -0.15) is 5.10 Å². The van der Waals surface area contributed by atoms with Crippen LogP contribution < -0.4 is 14.5 Å². The van der Waals surface area contributed by atoms with E-state index in [2.05, 4.69) is 33.8 Å². The van der Waals surface area contributed by atoms with E-state index in [-0.39, 0.29) is 17.7 Å². The summed E-state index contributed by atoms with van der Waals surface area (Å²) in [6.07, 6.45) is 6.61. The fourth-order valence-corrected chi connectivity index (χ4v) is 7.82. The maximum absolute atomic E-state index is 12.0. The average molecular weight is 590 g/mol. The second kappa shape index (κ2) is 10.2. The van der Waals surface area contributed by atoms with Crippen LogP contribution in [-0.2, 0) is 14.6 Å². The van der Waals surface area contributed by atoms with E-state index in [4.69, 9.17) is 24.5 Å². The minimum absolute atomic E-state index is 0.0969. The third kappa shape index (κ3) is 4.76. The molecule has 3 saturated heterocycles. The molecule has 12 heteroatoms. The van der Waals surface area contributed by atoms with Crippen molar-refractivity contribution in [1.29, 1.82) is 0 Å². The third-order valence-corrected chi connectivity index (χ3v) is 10.1. The molecule has 42 heavy (non-hydrogen) atoms. The SMILES string of the molecule is COc1ccncc1-c1cc2c(cnn2-c2cc(N3C[C@H](CS(C)(=O)=O)[C@H]3C)cc(N3CC4COCC4C3)n2)c(C)n1. The van der Waals surface area contributed by atoms with Crippen LogP contribution in [0.15, 0.2) is 42.9 Å². The van der Waals surface area contributed by atoms with Gasteiger partial charge in [0.15, 0.2) is 5.82 Å². The van der Waals surface area contributed by atoms with E-state index >= 15 is 0 Å². The molecular weight excluding hydrogens is 554 g/mol. The summed E-state index contributed by atoms with van der Waals surface area (Å²) < 4.78 is 37.2. The summed E-state index contributed by atoms with van der Waals surface area (Å²) in [6, 6.07) is 8.13. The lowest BCUT2D eigenvalue weighted by Gasteiger charge is -2.48. The van der Waals surface area contributed by atoms with Crippen molar-refractivity contribution in [3.05, 3.63) is 48.5 Å². The van der Waals surface area contributed by atoms with E-state index in [1.165, 1.54) is 6.26 Å². The smallest absolute Gasteiger partial charge is 0.158 e. The molecule has 3 fully saturated rings. The molecule has 0 aromatic carbocycles. The number of anilines is 2. The first kappa shape index (κ1) is 27.1. The van der Waals surface area contributed by atoms with Gasteiger partial charge in [0.25, 0.3) is 0 Å². The van der Waals surface area contributed by atoms with Gasteiger partial charge in [0, 0.05) is 91.0 Å². The van der Waals surface area contributed by atoms with Crippen LogP contribution in [0.1, 0.15) is 12.6 Å². The fraction of sp³-hybridized carbons (Fsp3) is 0.467. The lowest BCUT2D eigenvalue weighted by molar-refractivity contribution is 0.177. The van der Waals surface area contributed by atoms with Crippen LogP contribution in [0.3, 0.4) is 0 Å². The van der Waals surface area contributed by atoms with Gasteiger partial charge in [-0.3, -0.25) is 9.97 Å². The normalized spacial score (nSPS) is 23.8. The second-order valence-electron chi connectivity index (χ2n) is 11.9. The molecule has 2 unspecified atom stereocenters. The molecule has 11 nitrogen and oxygen atoms in total. The Labute approximate surface area is 245 Å². The van der Waals surface area contributed by atoms with Crippen LogP contribution in [-0.4, -0.2) is 91.2 Å². The third-order valence-electron chi connectivity index (χ3n) is 9.05. The molecule has 220 valence electrons. The standard InChI is InChI=1S/C30H35N7O4S/c1-18-24-11-32-37(27(24)9-26(33-18)25-10-31-6-5-28(25)40-3)30-8-23(36-14-22(19(36)2)17-42(4,38)39)7-29(34-30)35-12-20-15-41-16-21(20)13-35/h5-11,19-22H,12-17H2,1-4H3/t19-,20?,21?,22-/m1/s1. The predicted octanol–water partition coefficient (Wildman–Crippen LogP) is 3.15. The number of methoxy groups -OCH3 is 1. The molecule has 0 radical (unpaired) electrons. The molecule has 3 aliphatic heterocycles. The molecule has 0 amide bonds. The van der Waals surface area contributed by atoms with Crippen molar-refractivity contribution < 1.29 is 17.9 Å². The van der Waals surface area contributed by atoms with Crippen molar-refractivity contribution in [2.75, 3.05) is 61.8 Å². The number of fused-ring (bicyclic) bond motifs is 2. The van der Waals surface area contributed by atoms with Gasteiger partial charge in [-0.25, -0.2) is 18.1 Å². The highest BCUT2D eigenvalue weighted by atomic mass is 32.2. The summed E-state index contributed by atoms with van der Waals surface area (Å²) in [7, 11) is -1.41. The first-order chi connectivity index (χ1) is 20.2. The van der Waals surface area contributed by atoms with Gasteiger partial charge < -0.3 is 19.3 Å². The number of pyridine rings is 3. The van der Waals surface area contributed by atoms with E-state index in [1.54, 1.807) is 19.5 Å². The van der Waals surface area contributed by atoms with E-state index < -0.39 is 9.84 Å². The van der Waals surface area contributed by atoms with E-state index in [0.29, 0.717) is 29.9 Å². The van der Waals surface area contributed by atoms with Crippen molar-refractivity contribution in [1.82, 2.24) is 24.7 Å². The Morgan fingerprint density at radius 1 is 1.05 bits per heavy atom. The van der Waals surface area contributed by atoms with Crippen LogP contribution in [0, 0.1) is 24.7 Å². The molecule has 3 aliphatic rings. The van der Waals surface area contributed by atoms with E-state index in [9.17, 15) is 8.42 Å². The minimum Gasteiger partial charge on any atom is -0.496 e. The molecule has 0 spiro atoms. The lowest BCUT2D eigenvalue weighted by Crippen LogP contribution is -2.57. The Morgan fingerprint density at radius 2 is 1.81 bits per heavy atom. The zero-order valence-electron chi connectivity index (χ0n) is 24.3. The maximum Gasteiger partial charge on any atom is 0.158 e. The molecule has 4 aromatic heterocycles. The molecule has 0 N–H and O–H groups in total. The zero-order chi connectivity index (χ0) is 29.2. The number of sulfone groups is 1. The maximum atomic E-state index is 12.0. The number of aryl methyl sites for hydroxylation is 1. The molecule has 4 aromatic rings. The monoisotopic (exact) mass is 589 g/mol. The molecular formula is C30H35N7O4S. The minimum atomic E-state index is -3.05. The number of hydrogen-bond donors (Lipinski definition) is 0. The van der Waals surface area contributed by atoms with Crippen LogP contribution in [0.5, 0.6) is 5.75 Å². The number of ether oxygens (including phenoxy) is 2. The van der Waals surface area contributed by atoms with Crippen molar-refractivity contribution in [2.24, 2.45) is 17.8 Å². The summed E-state index contributed by atoms with van der Waals surface area (Å²) in [4.78, 5) is 18.9. The first-order valence-electron chi connectivity index (χ1n) is 14.3. The number of rotatable bonds is 7. The van der Waals surface area contributed by atoms with Gasteiger partial charge in [0.1, 0.15) is 21.4 Å². The second-order valence-corrected chi connectivity index (χ2v) is 14.1. The van der Waals surface area contributed by atoms with Crippen molar-refractivity contribution >= 4 is 32.2 Å². The molecule has 7 rings (SSSR count). The summed E-state index contributed by atoms with van der Waals surface area (Å²) >= 11 is 0. The fourth-order valence-electron chi connectivity index (χ4n) is 6.66. The number of hydrogen-bond acceptors (Lipinski definition) is 10. The lowest BCUT2D eigenvalue weighted by atomic mass is 9.91. The summed E-state index contributed by atoms with van der Waals surface area (Å²) in [5, 5.41) is 5.73. The molecule has 0 bridgehead atoms. The summed E-state index contributed by atoms with van der Waals surface area (Å²) in [6.45, 7) is 8.15. The topological polar surface area (TPSA) is 116 Å². The van der Waals surface area contributed by atoms with Gasteiger partial charge >= 0.3 is 0 Å². The Hall–Kier alpha value is -3.77. The summed E-state index contributed by atoms with van der Waals surface area (Å²) in [5.74, 6) is 3.62. The first-order valence-corrected chi connectivity index (χ1v) is 16.4. The van der Waals surface area contributed by atoms with Crippen molar-refractivity contribution in [3.8, 4) is 22.8 Å². The van der Waals surface area contributed by atoms with Gasteiger partial charge in [-0.15, -0.1) is 0 Å². The zero-order valence-corrected chi connectivity index (χ0v) is 25.1. The molecule has 7 heterocycles. The highest BCUT2D eigenvalue weighted by molar-refractivity contribution is 7.90. The molecule has 4 atom stereocenters. The molecule has 0 aliphatic carbocycles. The Balaban J connectivity index is 1.32. The highest BCUT2D eigenvalue weighted by Crippen LogP contribution is 2.38. The number of nitrogens with zero attached hydrogens (tertiary/aromatic N) is 7. The quantitative estimate of drug-likeness (QED) is 0.318. The largest absolute Gasteiger partial charge is 0.496 e. The average Bonchev–Trinajstić information content (AvgIpc) is 3.70. The van der Waals surface area contributed by atoms with Crippen molar-refractivity contribution in [2.45, 2.75) is 19.9 Å². The van der Waals surface area contributed by atoms with E-state index in [0.717, 1.165) is 65.7 Å². The van der Waals surface area contributed by atoms with Gasteiger partial charge in [0.2, 0.25) is 0 Å². The van der Waals surface area contributed by atoms with Crippen LogP contribution in [0.25, 0.3) is 28.0 Å². The van der Waals surface area contributed by atoms with Crippen LogP contribution in [0.4, 0.5) is 11.5 Å². The number of aromatic nitrogens is 5. The molecule has 0 saturated carbocycles. The van der Waals surface area contributed by atoms with E-state index in [1.807, 2.05) is 29.9 Å². The van der Waals surface area contributed by atoms with Gasteiger partial charge in [-0.1, -0.05) is 0 Å².